The quantitative estimate of drug-likeness (QED) is 0.379. The monoisotopic (exact) mass is 459 g/mol. The zero-order chi connectivity index (χ0) is 23.4. The first-order valence-electron chi connectivity index (χ1n) is 11.7. The molecule has 2 aliphatic heterocycles. The number of nitrogens with zero attached hydrogens (tertiary/aromatic N) is 6. The second-order valence-electron chi connectivity index (χ2n) is 9.10. The Morgan fingerprint density at radius 3 is 3.03 bits per heavy atom. The van der Waals surface area contributed by atoms with Gasteiger partial charge < -0.3 is 9.88 Å². The lowest BCUT2D eigenvalue weighted by Crippen LogP contribution is -2.28. The van der Waals surface area contributed by atoms with Gasteiger partial charge in [-0.1, -0.05) is 12.1 Å². The lowest BCUT2D eigenvalue weighted by molar-refractivity contribution is -0.118. The predicted octanol–water partition coefficient (Wildman–Crippen LogP) is 5.07. The van der Waals surface area contributed by atoms with Gasteiger partial charge in [-0.2, -0.15) is 10.2 Å². The van der Waals surface area contributed by atoms with Crippen LogP contribution in [-0.2, 0) is 24.2 Å². The molecule has 0 saturated heterocycles. The molecule has 170 valence electrons. The van der Waals surface area contributed by atoms with Gasteiger partial charge in [0.2, 0.25) is 6.41 Å². The lowest BCUT2D eigenvalue weighted by Gasteiger charge is -2.22. The van der Waals surface area contributed by atoms with Crippen LogP contribution in [0, 0.1) is 0 Å². The number of carbonyl (C=O) groups is 1. The van der Waals surface area contributed by atoms with Crippen LogP contribution in [0.15, 0.2) is 71.2 Å². The van der Waals surface area contributed by atoms with Crippen molar-refractivity contribution in [3.8, 4) is 11.4 Å². The van der Waals surface area contributed by atoms with Crippen LogP contribution in [0.2, 0.25) is 0 Å². The minimum atomic E-state index is -0.147. The number of carbonyl (C=O) groups excluding carboxylic acids is 1. The number of hydrogen-bond acceptors (Lipinski definition) is 6. The molecule has 0 saturated carbocycles. The minimum absolute atomic E-state index is 0.147. The Hall–Kier alpha value is -4.46. The average molecular weight is 460 g/mol. The van der Waals surface area contributed by atoms with E-state index in [0.717, 1.165) is 58.1 Å². The molecule has 1 atom stereocenters. The topological polar surface area (TPSA) is 99.5 Å². The van der Waals surface area contributed by atoms with Crippen LogP contribution in [0.25, 0.3) is 33.2 Å². The third-order valence-electron chi connectivity index (χ3n) is 6.93. The van der Waals surface area contributed by atoms with Crippen molar-refractivity contribution in [2.24, 2.45) is 10.2 Å². The Kier molecular flexibility index (Phi) is 4.45. The zero-order valence-corrected chi connectivity index (χ0v) is 18.8. The van der Waals surface area contributed by atoms with Crippen LogP contribution in [-0.4, -0.2) is 37.8 Å². The predicted molar refractivity (Wildman–Crippen MR) is 132 cm³/mol. The molecule has 8 heteroatoms. The molecule has 0 radical (unpaired) electrons. The lowest BCUT2D eigenvalue weighted by atomic mass is 10.0. The molecule has 35 heavy (non-hydrogen) atoms. The third-order valence-corrected chi connectivity index (χ3v) is 6.93. The van der Waals surface area contributed by atoms with Gasteiger partial charge in [-0.05, 0) is 42.0 Å². The molecule has 5 heterocycles. The van der Waals surface area contributed by atoms with Gasteiger partial charge in [0.15, 0.2) is 5.82 Å². The van der Waals surface area contributed by atoms with Crippen molar-refractivity contribution in [3.63, 3.8) is 0 Å². The smallest absolute Gasteiger partial charge is 0.210 e. The van der Waals surface area contributed by atoms with Crippen LogP contribution in [0.1, 0.15) is 28.6 Å². The van der Waals surface area contributed by atoms with Gasteiger partial charge in [0.1, 0.15) is 11.7 Å². The maximum Gasteiger partial charge on any atom is 0.210 e. The molecule has 1 amide bonds. The third kappa shape index (κ3) is 3.37. The summed E-state index contributed by atoms with van der Waals surface area (Å²) in [6.45, 7) is 1.36. The Morgan fingerprint density at radius 1 is 1.11 bits per heavy atom. The van der Waals surface area contributed by atoms with E-state index in [0.29, 0.717) is 18.8 Å². The second kappa shape index (κ2) is 7.80. The molecule has 0 aliphatic carbocycles. The van der Waals surface area contributed by atoms with Crippen molar-refractivity contribution in [1.29, 1.82) is 0 Å². The molecule has 1 N–H and O–H groups in total. The summed E-state index contributed by atoms with van der Waals surface area (Å²) in [5, 5.41) is 11.1. The van der Waals surface area contributed by atoms with Crippen molar-refractivity contribution >= 4 is 33.9 Å². The SMILES string of the molecule is O=CN1CCc2[nH]c3ccc(-c4ncc5c(n4)C(Cc4ccc6ncccc6c4)N=N5)cc3c2C1. The van der Waals surface area contributed by atoms with Crippen molar-refractivity contribution < 1.29 is 4.79 Å². The van der Waals surface area contributed by atoms with Gasteiger partial charge in [0.05, 0.1) is 17.4 Å². The maximum atomic E-state index is 11.3. The number of aromatic amines is 1. The number of pyridine rings is 1. The maximum absolute atomic E-state index is 11.3. The number of azo groups is 1. The fourth-order valence-corrected chi connectivity index (χ4v) is 5.11. The summed E-state index contributed by atoms with van der Waals surface area (Å²) in [6, 6.07) is 16.4. The highest BCUT2D eigenvalue weighted by Gasteiger charge is 2.25. The molecule has 0 spiro atoms. The molecule has 1 unspecified atom stereocenters. The normalized spacial score (nSPS) is 16.6. The Balaban J connectivity index is 1.22. The van der Waals surface area contributed by atoms with E-state index in [2.05, 4.69) is 55.5 Å². The summed E-state index contributed by atoms with van der Waals surface area (Å²) in [4.78, 5) is 30.5. The van der Waals surface area contributed by atoms with Gasteiger partial charge in [-0.3, -0.25) is 9.78 Å². The Bertz CT molecular complexity index is 1650. The first-order chi connectivity index (χ1) is 17.2. The van der Waals surface area contributed by atoms with Gasteiger partial charge >= 0.3 is 0 Å². The van der Waals surface area contributed by atoms with E-state index in [1.165, 1.54) is 16.8 Å². The van der Waals surface area contributed by atoms with E-state index in [-0.39, 0.29) is 6.04 Å². The molecule has 0 bridgehead atoms. The average Bonchev–Trinajstić information content (AvgIpc) is 3.48. The largest absolute Gasteiger partial charge is 0.358 e. The molecular formula is C27H21N7O. The summed E-state index contributed by atoms with van der Waals surface area (Å²) >= 11 is 0. The number of nitrogens with one attached hydrogen (secondary N) is 1. The highest BCUT2D eigenvalue weighted by molar-refractivity contribution is 5.89. The van der Waals surface area contributed by atoms with Crippen molar-refractivity contribution in [1.82, 2.24) is 24.8 Å². The Labute approximate surface area is 200 Å². The highest BCUT2D eigenvalue weighted by atomic mass is 16.1. The van der Waals surface area contributed by atoms with Crippen LogP contribution in [0.4, 0.5) is 5.69 Å². The fourth-order valence-electron chi connectivity index (χ4n) is 5.11. The molecule has 0 fully saturated rings. The van der Waals surface area contributed by atoms with Crippen LogP contribution < -0.4 is 0 Å². The summed E-state index contributed by atoms with van der Waals surface area (Å²) in [5.74, 6) is 0.656. The van der Waals surface area contributed by atoms with Gasteiger partial charge in [-0.25, -0.2) is 9.97 Å². The molecule has 2 aliphatic rings. The first-order valence-corrected chi connectivity index (χ1v) is 11.7. The number of benzene rings is 2. The molecule has 8 nitrogen and oxygen atoms in total. The van der Waals surface area contributed by atoms with Crippen LogP contribution in [0.3, 0.4) is 0 Å². The zero-order valence-electron chi connectivity index (χ0n) is 18.8. The van der Waals surface area contributed by atoms with Crippen molar-refractivity contribution in [3.05, 3.63) is 83.4 Å². The van der Waals surface area contributed by atoms with Crippen molar-refractivity contribution in [2.45, 2.75) is 25.4 Å². The number of rotatable bonds is 4. The minimum Gasteiger partial charge on any atom is -0.358 e. The van der Waals surface area contributed by atoms with E-state index in [1.54, 1.807) is 12.4 Å². The Morgan fingerprint density at radius 2 is 2.09 bits per heavy atom. The molecule has 2 aromatic carbocycles. The number of hydrogen-bond donors (Lipinski definition) is 1. The number of amides is 1. The molecular weight excluding hydrogens is 438 g/mol. The molecule has 5 aromatic rings. The molecule has 3 aromatic heterocycles. The van der Waals surface area contributed by atoms with E-state index >= 15 is 0 Å². The number of H-pyrrole nitrogens is 1. The van der Waals surface area contributed by atoms with E-state index < -0.39 is 0 Å². The van der Waals surface area contributed by atoms with Crippen molar-refractivity contribution in [2.75, 3.05) is 6.54 Å². The summed E-state index contributed by atoms with van der Waals surface area (Å²) < 4.78 is 0. The first kappa shape index (κ1) is 20.0. The molecule has 7 rings (SSSR count). The number of aromatic nitrogens is 4. The van der Waals surface area contributed by atoms with E-state index in [4.69, 9.17) is 4.98 Å². The number of fused-ring (bicyclic) bond motifs is 5. The fraction of sp³-hybridized carbons (Fsp3) is 0.185. The van der Waals surface area contributed by atoms with E-state index in [9.17, 15) is 4.79 Å². The van der Waals surface area contributed by atoms with Crippen LogP contribution >= 0.6 is 0 Å². The summed E-state index contributed by atoms with van der Waals surface area (Å²) in [5.41, 5.74) is 8.11. The summed E-state index contributed by atoms with van der Waals surface area (Å²) in [7, 11) is 0. The van der Waals surface area contributed by atoms with E-state index in [1.807, 2.05) is 23.1 Å². The van der Waals surface area contributed by atoms with Gasteiger partial charge in [0.25, 0.3) is 0 Å². The second-order valence-corrected chi connectivity index (χ2v) is 9.10. The van der Waals surface area contributed by atoms with Crippen LogP contribution in [0.5, 0.6) is 0 Å². The highest BCUT2D eigenvalue weighted by Crippen LogP contribution is 2.38. The van der Waals surface area contributed by atoms with Gasteiger partial charge in [0, 0.05) is 65.2 Å². The standard InChI is InChI=1S/C27H21N7O/c35-15-34-9-7-23-20(14-34)19-12-18(4-6-22(19)30-23)27-29-13-25-26(31-27)24(32-33-25)11-16-3-5-21-17(10-16)2-1-8-28-21/h1-6,8,10,12-13,15,24,30H,7,9,11,14H2. The van der Waals surface area contributed by atoms with Gasteiger partial charge in [-0.15, -0.1) is 0 Å². The summed E-state index contributed by atoms with van der Waals surface area (Å²) in [6.07, 6.45) is 6.04.